The average molecular weight is 441 g/mol. The van der Waals surface area contributed by atoms with Crippen LogP contribution in [0.4, 0.5) is 0 Å². The summed E-state index contributed by atoms with van der Waals surface area (Å²) in [4.78, 5) is 2.45. The first-order valence-electron chi connectivity index (χ1n) is 10.4. The van der Waals surface area contributed by atoms with Gasteiger partial charge in [0.1, 0.15) is 30.5 Å². The highest BCUT2D eigenvalue weighted by atomic mass is 32.1. The first kappa shape index (κ1) is 22.1. The molecule has 0 bridgehead atoms. The molecular formula is C25H28O5S. The van der Waals surface area contributed by atoms with Crippen LogP contribution in [0.3, 0.4) is 0 Å². The van der Waals surface area contributed by atoms with Crippen LogP contribution in [-0.4, -0.2) is 51.4 Å². The molecule has 0 spiro atoms. The second-order valence-corrected chi connectivity index (χ2v) is 9.41. The molecule has 6 heteroatoms. The Hall–Kier alpha value is -2.06. The van der Waals surface area contributed by atoms with Crippen molar-refractivity contribution in [3.63, 3.8) is 0 Å². The third-order valence-corrected chi connectivity index (χ3v) is 7.09. The van der Waals surface area contributed by atoms with Crippen LogP contribution in [0.5, 0.6) is 0 Å². The van der Waals surface area contributed by atoms with Gasteiger partial charge in [0.2, 0.25) is 0 Å². The van der Waals surface area contributed by atoms with Crippen LogP contribution in [0.1, 0.15) is 33.2 Å². The van der Waals surface area contributed by atoms with E-state index in [2.05, 4.69) is 43.3 Å². The zero-order chi connectivity index (χ0) is 22.1. The smallest absolute Gasteiger partial charge is 0.113 e. The SMILES string of the molecule is Cc1ccc(-c2ccc(Cc3cc(C4OC(CO)C(O)C(O)C4O)ccc3C)s2)cc1. The average Bonchev–Trinajstić information content (AvgIpc) is 3.23. The molecule has 5 atom stereocenters. The minimum Gasteiger partial charge on any atom is -0.394 e. The molecule has 0 radical (unpaired) electrons. The van der Waals surface area contributed by atoms with Gasteiger partial charge < -0.3 is 25.2 Å². The lowest BCUT2D eigenvalue weighted by Crippen LogP contribution is -2.55. The second kappa shape index (κ2) is 9.20. The summed E-state index contributed by atoms with van der Waals surface area (Å²) in [6, 6.07) is 18.6. The molecule has 5 nitrogen and oxygen atoms in total. The zero-order valence-electron chi connectivity index (χ0n) is 17.6. The number of aryl methyl sites for hydroxylation is 2. The normalized spacial score (nSPS) is 26.2. The Balaban J connectivity index is 1.57. The number of hydrogen-bond donors (Lipinski definition) is 4. The number of hydrogen-bond acceptors (Lipinski definition) is 6. The van der Waals surface area contributed by atoms with Gasteiger partial charge in [0.05, 0.1) is 6.61 Å². The van der Waals surface area contributed by atoms with Gasteiger partial charge in [-0.3, -0.25) is 0 Å². The van der Waals surface area contributed by atoms with Crippen molar-refractivity contribution in [1.82, 2.24) is 0 Å². The molecule has 1 aliphatic heterocycles. The van der Waals surface area contributed by atoms with Crippen molar-refractivity contribution in [2.24, 2.45) is 0 Å². The number of aliphatic hydroxyl groups excluding tert-OH is 4. The van der Waals surface area contributed by atoms with E-state index in [0.717, 1.165) is 17.5 Å². The monoisotopic (exact) mass is 440 g/mol. The summed E-state index contributed by atoms with van der Waals surface area (Å²) in [5, 5.41) is 40.1. The third kappa shape index (κ3) is 4.60. The van der Waals surface area contributed by atoms with E-state index in [-0.39, 0.29) is 0 Å². The molecule has 0 amide bonds. The van der Waals surface area contributed by atoms with Crippen LogP contribution in [0.15, 0.2) is 54.6 Å². The highest BCUT2D eigenvalue weighted by Gasteiger charge is 2.43. The Labute approximate surface area is 186 Å². The molecule has 0 aliphatic carbocycles. The molecule has 1 saturated heterocycles. The fourth-order valence-corrected chi connectivity index (χ4v) is 5.01. The molecule has 3 aromatic rings. The first-order valence-corrected chi connectivity index (χ1v) is 11.2. The predicted octanol–water partition coefficient (Wildman–Crippen LogP) is 3.14. The molecule has 1 aliphatic rings. The van der Waals surface area contributed by atoms with E-state index in [1.54, 1.807) is 11.3 Å². The molecule has 2 aromatic carbocycles. The van der Waals surface area contributed by atoms with Gasteiger partial charge in [-0.15, -0.1) is 11.3 Å². The predicted molar refractivity (Wildman–Crippen MR) is 121 cm³/mol. The molecule has 31 heavy (non-hydrogen) atoms. The Morgan fingerprint density at radius 1 is 0.871 bits per heavy atom. The molecule has 1 aromatic heterocycles. The summed E-state index contributed by atoms with van der Waals surface area (Å²) in [7, 11) is 0. The summed E-state index contributed by atoms with van der Waals surface area (Å²) in [6.07, 6.45) is -5.00. The number of benzene rings is 2. The Morgan fingerprint density at radius 3 is 2.32 bits per heavy atom. The van der Waals surface area contributed by atoms with E-state index in [1.807, 2.05) is 25.1 Å². The lowest BCUT2D eigenvalue weighted by Gasteiger charge is -2.40. The van der Waals surface area contributed by atoms with Crippen LogP contribution in [-0.2, 0) is 11.2 Å². The molecule has 4 N–H and O–H groups in total. The molecular weight excluding hydrogens is 412 g/mol. The highest BCUT2D eigenvalue weighted by molar-refractivity contribution is 7.15. The van der Waals surface area contributed by atoms with Crippen molar-refractivity contribution < 1.29 is 25.2 Å². The second-order valence-electron chi connectivity index (χ2n) is 8.24. The molecule has 1 fully saturated rings. The number of aliphatic hydroxyl groups is 4. The Morgan fingerprint density at radius 2 is 1.61 bits per heavy atom. The fraction of sp³-hybridized carbons (Fsp3) is 0.360. The van der Waals surface area contributed by atoms with Gasteiger partial charge in [0.25, 0.3) is 0 Å². The summed E-state index contributed by atoms with van der Waals surface area (Å²) >= 11 is 1.76. The standard InChI is InChI=1S/C25H28O5S/c1-14-3-6-16(7-4-14)21-10-9-19(31-21)12-18-11-17(8-5-15(18)2)25-24(29)23(28)22(27)20(13-26)30-25/h3-11,20,22-29H,12-13H2,1-2H3. The van der Waals surface area contributed by atoms with Gasteiger partial charge in [0, 0.05) is 16.2 Å². The molecule has 2 heterocycles. The largest absolute Gasteiger partial charge is 0.394 e. The van der Waals surface area contributed by atoms with Gasteiger partial charge in [-0.05, 0) is 48.2 Å². The lowest BCUT2D eigenvalue weighted by molar-refractivity contribution is -0.231. The lowest BCUT2D eigenvalue weighted by atomic mass is 9.89. The first-order chi connectivity index (χ1) is 14.9. The van der Waals surface area contributed by atoms with Gasteiger partial charge >= 0.3 is 0 Å². The summed E-state index contributed by atoms with van der Waals surface area (Å²) in [5.41, 5.74) is 5.38. The van der Waals surface area contributed by atoms with Crippen molar-refractivity contribution in [2.45, 2.75) is 50.8 Å². The van der Waals surface area contributed by atoms with E-state index in [1.165, 1.54) is 20.9 Å². The van der Waals surface area contributed by atoms with Crippen molar-refractivity contribution in [2.75, 3.05) is 6.61 Å². The van der Waals surface area contributed by atoms with Crippen LogP contribution in [0.25, 0.3) is 10.4 Å². The topological polar surface area (TPSA) is 90.2 Å². The minimum atomic E-state index is -1.38. The van der Waals surface area contributed by atoms with Gasteiger partial charge in [0.15, 0.2) is 0 Å². The molecule has 4 rings (SSSR count). The third-order valence-electron chi connectivity index (χ3n) is 5.96. The maximum Gasteiger partial charge on any atom is 0.113 e. The van der Waals surface area contributed by atoms with E-state index >= 15 is 0 Å². The Kier molecular flexibility index (Phi) is 6.57. The fourth-order valence-electron chi connectivity index (χ4n) is 3.97. The maximum atomic E-state index is 10.5. The van der Waals surface area contributed by atoms with Crippen molar-refractivity contribution in [3.05, 3.63) is 81.7 Å². The van der Waals surface area contributed by atoms with Crippen molar-refractivity contribution in [3.8, 4) is 10.4 Å². The van der Waals surface area contributed by atoms with Gasteiger partial charge in [-0.25, -0.2) is 0 Å². The number of thiophene rings is 1. The van der Waals surface area contributed by atoms with E-state index in [4.69, 9.17) is 4.74 Å². The maximum absolute atomic E-state index is 10.5. The summed E-state index contributed by atoms with van der Waals surface area (Å²) in [6.45, 7) is 3.69. The van der Waals surface area contributed by atoms with Crippen LogP contribution in [0, 0.1) is 13.8 Å². The molecule has 0 saturated carbocycles. The van der Waals surface area contributed by atoms with E-state index < -0.39 is 37.1 Å². The number of ether oxygens (including phenoxy) is 1. The summed E-state index contributed by atoms with van der Waals surface area (Å²) < 4.78 is 5.73. The number of rotatable bonds is 5. The van der Waals surface area contributed by atoms with Gasteiger partial charge in [-0.1, -0.05) is 48.0 Å². The summed E-state index contributed by atoms with van der Waals surface area (Å²) in [5.74, 6) is 0. The minimum absolute atomic E-state index is 0.433. The zero-order valence-corrected chi connectivity index (χ0v) is 18.4. The quantitative estimate of drug-likeness (QED) is 0.489. The van der Waals surface area contributed by atoms with E-state index in [0.29, 0.717) is 5.56 Å². The van der Waals surface area contributed by atoms with Crippen LogP contribution >= 0.6 is 11.3 Å². The van der Waals surface area contributed by atoms with Crippen LogP contribution < -0.4 is 0 Å². The molecule has 164 valence electrons. The molecule has 5 unspecified atom stereocenters. The Bertz CT molecular complexity index is 1030. The van der Waals surface area contributed by atoms with Crippen molar-refractivity contribution in [1.29, 1.82) is 0 Å². The van der Waals surface area contributed by atoms with Crippen LogP contribution in [0.2, 0.25) is 0 Å². The van der Waals surface area contributed by atoms with Crippen molar-refractivity contribution >= 4 is 11.3 Å². The highest BCUT2D eigenvalue weighted by Crippen LogP contribution is 2.35. The van der Waals surface area contributed by atoms with Gasteiger partial charge in [-0.2, -0.15) is 0 Å². The van der Waals surface area contributed by atoms with E-state index in [9.17, 15) is 20.4 Å².